The Labute approximate surface area is 230 Å². The number of nitrogens with one attached hydrogen (secondary N) is 1. The van der Waals surface area contributed by atoms with Crippen LogP contribution in [0.4, 0.5) is 5.82 Å². The highest BCUT2D eigenvalue weighted by atomic mass is 16.5. The van der Waals surface area contributed by atoms with Gasteiger partial charge in [-0.1, -0.05) is 37.1 Å². The van der Waals surface area contributed by atoms with Crippen molar-refractivity contribution in [3.05, 3.63) is 53.3 Å². The number of fused-ring (bicyclic) bond motifs is 2. The first-order valence-electron chi connectivity index (χ1n) is 14.8. The molecule has 0 bridgehead atoms. The van der Waals surface area contributed by atoms with Crippen LogP contribution in [0.15, 0.2) is 36.5 Å². The number of carbonyl (C=O) groups is 1. The fraction of sp³-hybridized carbons (Fsp3) is 0.581. The molecule has 2 N–H and O–H groups in total. The minimum Gasteiger partial charge on any atom is -0.480 e. The number of carboxylic acid groups (broad SMARTS) is 1. The van der Waals surface area contributed by atoms with Crippen LogP contribution in [-0.4, -0.2) is 63.6 Å². The zero-order valence-corrected chi connectivity index (χ0v) is 23.0. The number of likely N-dealkylation sites (tertiary alicyclic amines) is 1. The van der Waals surface area contributed by atoms with Gasteiger partial charge in [-0.05, 0) is 75.5 Å². The second-order valence-corrected chi connectivity index (χ2v) is 11.7. The van der Waals surface area contributed by atoms with Crippen LogP contribution >= 0.6 is 0 Å². The maximum absolute atomic E-state index is 12.6. The van der Waals surface area contributed by atoms with Crippen molar-refractivity contribution in [3.63, 3.8) is 0 Å². The molecule has 0 spiro atoms. The van der Waals surface area contributed by atoms with E-state index in [2.05, 4.69) is 32.1 Å². The molecular weight excluding hydrogens is 490 g/mol. The molecular formula is C31H41N5O3. The Kier molecular flexibility index (Phi) is 7.84. The number of unbranched alkanes of at least 4 members (excludes halogenated alkanes) is 2. The number of aromatic nitrogens is 3. The van der Waals surface area contributed by atoms with Crippen molar-refractivity contribution < 1.29 is 14.6 Å². The highest BCUT2D eigenvalue weighted by molar-refractivity contribution is 5.88. The number of methoxy groups -OCH3 is 1. The maximum atomic E-state index is 12.6. The van der Waals surface area contributed by atoms with E-state index in [0.29, 0.717) is 5.92 Å². The Bertz CT molecular complexity index is 1300. The number of anilines is 1. The van der Waals surface area contributed by atoms with Gasteiger partial charge in [0, 0.05) is 36.8 Å². The summed E-state index contributed by atoms with van der Waals surface area (Å²) in [6, 6.07) is 10.1. The number of rotatable bonds is 11. The second kappa shape index (κ2) is 11.6. The van der Waals surface area contributed by atoms with E-state index >= 15 is 0 Å². The van der Waals surface area contributed by atoms with Crippen molar-refractivity contribution in [3.8, 4) is 0 Å². The quantitative estimate of drug-likeness (QED) is 0.321. The summed E-state index contributed by atoms with van der Waals surface area (Å²) in [6.45, 7) is 2.70. The molecule has 1 saturated carbocycles. The largest absolute Gasteiger partial charge is 0.480 e. The molecule has 0 amide bonds. The molecule has 0 unspecified atom stereocenters. The van der Waals surface area contributed by atoms with Gasteiger partial charge in [0.25, 0.3) is 0 Å². The Morgan fingerprint density at radius 1 is 1.21 bits per heavy atom. The fourth-order valence-electron chi connectivity index (χ4n) is 6.80. The van der Waals surface area contributed by atoms with Crippen LogP contribution in [0.5, 0.6) is 0 Å². The number of pyridine rings is 1. The van der Waals surface area contributed by atoms with Crippen LogP contribution in [0.3, 0.4) is 0 Å². The van der Waals surface area contributed by atoms with E-state index in [0.717, 1.165) is 86.9 Å². The fourth-order valence-corrected chi connectivity index (χ4v) is 6.80. The lowest BCUT2D eigenvalue weighted by Gasteiger charge is -2.35. The highest BCUT2D eigenvalue weighted by Crippen LogP contribution is 2.39. The minimum atomic E-state index is -0.772. The first-order chi connectivity index (χ1) is 19.1. The van der Waals surface area contributed by atoms with Crippen molar-refractivity contribution in [2.24, 2.45) is 5.92 Å². The number of benzene rings is 1. The van der Waals surface area contributed by atoms with Crippen LogP contribution in [0.2, 0.25) is 0 Å². The average Bonchev–Trinajstić information content (AvgIpc) is 3.56. The predicted octanol–water partition coefficient (Wildman–Crippen LogP) is 5.39. The molecule has 3 aliphatic rings. The van der Waals surface area contributed by atoms with Crippen molar-refractivity contribution in [2.75, 3.05) is 32.1 Å². The SMILES string of the molecule is COC1CC(n2ncc3cccc([C@@H](C(=O)O)N4CC[C@@H](CCCCCc5ccc6c(n5)NCCC6)C4)c32)C1. The zero-order chi connectivity index (χ0) is 26.8. The van der Waals surface area contributed by atoms with Gasteiger partial charge in [-0.15, -0.1) is 0 Å². The van der Waals surface area contributed by atoms with Crippen LogP contribution in [0.25, 0.3) is 10.9 Å². The molecule has 2 aliphatic heterocycles. The number of ether oxygens (including phenoxy) is 1. The van der Waals surface area contributed by atoms with Gasteiger partial charge < -0.3 is 15.2 Å². The second-order valence-electron chi connectivity index (χ2n) is 11.7. The average molecular weight is 532 g/mol. The van der Waals surface area contributed by atoms with Gasteiger partial charge in [0.2, 0.25) is 0 Å². The molecule has 3 aromatic rings. The predicted molar refractivity (Wildman–Crippen MR) is 152 cm³/mol. The number of carboxylic acids is 1. The third-order valence-electron chi connectivity index (χ3n) is 9.11. The van der Waals surface area contributed by atoms with Crippen molar-refractivity contribution >= 4 is 22.7 Å². The molecule has 6 rings (SSSR count). The molecule has 1 saturated heterocycles. The Hall–Kier alpha value is -2.97. The molecule has 1 aromatic carbocycles. The molecule has 2 atom stereocenters. The summed E-state index contributed by atoms with van der Waals surface area (Å²) in [7, 11) is 1.75. The first kappa shape index (κ1) is 26.3. The molecule has 2 aromatic heterocycles. The summed E-state index contributed by atoms with van der Waals surface area (Å²) in [5, 5.41) is 19.5. The lowest BCUT2D eigenvalue weighted by atomic mass is 9.89. The zero-order valence-electron chi connectivity index (χ0n) is 23.0. The third-order valence-corrected chi connectivity index (χ3v) is 9.11. The number of para-hydroxylation sites is 1. The number of nitrogens with zero attached hydrogens (tertiary/aromatic N) is 4. The normalized spacial score (nSPS) is 23.8. The molecule has 8 nitrogen and oxygen atoms in total. The van der Waals surface area contributed by atoms with Crippen molar-refractivity contribution in [1.82, 2.24) is 19.7 Å². The Morgan fingerprint density at radius 3 is 2.95 bits per heavy atom. The smallest absolute Gasteiger partial charge is 0.325 e. The number of hydrogen-bond acceptors (Lipinski definition) is 6. The molecule has 39 heavy (non-hydrogen) atoms. The van der Waals surface area contributed by atoms with E-state index in [9.17, 15) is 9.90 Å². The summed E-state index contributed by atoms with van der Waals surface area (Å²) >= 11 is 0. The van der Waals surface area contributed by atoms with Crippen LogP contribution in [0, 0.1) is 5.92 Å². The molecule has 8 heteroatoms. The topological polar surface area (TPSA) is 92.5 Å². The standard InChI is InChI=1S/C31H41N5O3/c1-39-26-17-25(18-26)36-28-23(19-33-36)8-5-11-27(28)29(31(37)38)35-16-14-21(20-35)7-3-2-4-10-24-13-12-22-9-6-15-32-30(22)34-24/h5,8,11-13,19,21,25-26,29H,2-4,6-7,9-10,14-18,20H2,1H3,(H,32,34)(H,37,38)/t21-,25?,26?,29+/m1/s1. The molecule has 1 aliphatic carbocycles. The highest BCUT2D eigenvalue weighted by Gasteiger charge is 2.37. The van der Waals surface area contributed by atoms with Gasteiger partial charge >= 0.3 is 5.97 Å². The van der Waals surface area contributed by atoms with Gasteiger partial charge in [-0.3, -0.25) is 14.4 Å². The van der Waals surface area contributed by atoms with E-state index in [1.165, 1.54) is 30.5 Å². The van der Waals surface area contributed by atoms with Crippen molar-refractivity contribution in [2.45, 2.75) is 82.4 Å². The van der Waals surface area contributed by atoms with Crippen LogP contribution in [-0.2, 0) is 22.4 Å². The number of hydrogen-bond donors (Lipinski definition) is 2. The summed E-state index contributed by atoms with van der Waals surface area (Å²) in [5.41, 5.74) is 4.37. The molecule has 2 fully saturated rings. The number of aliphatic carboxylic acids is 1. The van der Waals surface area contributed by atoms with Crippen molar-refractivity contribution in [1.29, 1.82) is 0 Å². The van der Waals surface area contributed by atoms with E-state index in [-0.39, 0.29) is 12.1 Å². The van der Waals surface area contributed by atoms with Crippen LogP contribution < -0.4 is 5.32 Å². The van der Waals surface area contributed by atoms with E-state index in [1.807, 2.05) is 24.4 Å². The molecule has 0 radical (unpaired) electrons. The Balaban J connectivity index is 1.04. The summed E-state index contributed by atoms with van der Waals surface area (Å²) < 4.78 is 7.53. The summed E-state index contributed by atoms with van der Waals surface area (Å²) in [6.07, 6.45) is 13.1. The lowest BCUT2D eigenvalue weighted by Crippen LogP contribution is -2.35. The van der Waals surface area contributed by atoms with Gasteiger partial charge in [-0.2, -0.15) is 5.10 Å². The molecule has 208 valence electrons. The third kappa shape index (κ3) is 5.54. The van der Waals surface area contributed by atoms with Gasteiger partial charge in [0.05, 0.1) is 23.9 Å². The lowest BCUT2D eigenvalue weighted by molar-refractivity contribution is -0.143. The summed E-state index contributed by atoms with van der Waals surface area (Å²) in [5.74, 6) is 0.867. The van der Waals surface area contributed by atoms with E-state index in [4.69, 9.17) is 9.72 Å². The number of aryl methyl sites for hydroxylation is 2. The van der Waals surface area contributed by atoms with Gasteiger partial charge in [0.15, 0.2) is 0 Å². The van der Waals surface area contributed by atoms with E-state index in [1.54, 1.807) is 7.11 Å². The Morgan fingerprint density at radius 2 is 2.10 bits per heavy atom. The minimum absolute atomic E-state index is 0.266. The van der Waals surface area contributed by atoms with Crippen LogP contribution in [0.1, 0.15) is 80.3 Å². The van der Waals surface area contributed by atoms with E-state index < -0.39 is 12.0 Å². The molecule has 4 heterocycles. The monoisotopic (exact) mass is 531 g/mol. The summed E-state index contributed by atoms with van der Waals surface area (Å²) in [4.78, 5) is 19.7. The van der Waals surface area contributed by atoms with Gasteiger partial charge in [-0.25, -0.2) is 4.98 Å². The maximum Gasteiger partial charge on any atom is 0.325 e. The first-order valence-corrected chi connectivity index (χ1v) is 14.8. The van der Waals surface area contributed by atoms with Gasteiger partial charge in [0.1, 0.15) is 11.9 Å².